The Morgan fingerprint density at radius 1 is 1.22 bits per heavy atom. The minimum absolute atomic E-state index is 0.236. The molecule has 1 unspecified atom stereocenters. The molecule has 0 aliphatic heterocycles. The quantitative estimate of drug-likeness (QED) is 0.718. The van der Waals surface area contributed by atoms with Crippen LogP contribution < -0.4 is 5.48 Å². The Labute approximate surface area is 111 Å². The van der Waals surface area contributed by atoms with Gasteiger partial charge in [-0.3, -0.25) is 4.84 Å². The number of rotatable bonds is 6. The topological polar surface area (TPSA) is 50.7 Å². The maximum atomic E-state index is 9.76. The van der Waals surface area contributed by atoms with Crippen LogP contribution in [0.3, 0.4) is 0 Å². The van der Waals surface area contributed by atoms with E-state index in [-0.39, 0.29) is 5.60 Å². The molecular weight excluding hydrogens is 230 g/mol. The second-order valence-corrected chi connectivity index (χ2v) is 6.43. The van der Waals surface area contributed by atoms with Crippen LogP contribution in [-0.4, -0.2) is 36.1 Å². The molecule has 0 heterocycles. The van der Waals surface area contributed by atoms with E-state index in [4.69, 9.17) is 9.57 Å². The van der Waals surface area contributed by atoms with Crippen LogP contribution in [0.5, 0.6) is 0 Å². The first-order valence-electron chi connectivity index (χ1n) is 7.07. The van der Waals surface area contributed by atoms with Crippen LogP contribution in [0.15, 0.2) is 0 Å². The summed E-state index contributed by atoms with van der Waals surface area (Å²) >= 11 is 0. The first-order chi connectivity index (χ1) is 8.37. The van der Waals surface area contributed by atoms with Gasteiger partial charge in [-0.05, 0) is 52.4 Å². The van der Waals surface area contributed by atoms with Crippen molar-refractivity contribution in [2.75, 3.05) is 13.2 Å². The average Bonchev–Trinajstić information content (AvgIpc) is 2.26. The van der Waals surface area contributed by atoms with Crippen molar-refractivity contribution in [3.8, 4) is 0 Å². The van der Waals surface area contributed by atoms with Gasteiger partial charge >= 0.3 is 0 Å². The number of aliphatic hydroxyl groups is 1. The number of hydroxylamine groups is 1. The normalized spacial score (nSPS) is 27.2. The van der Waals surface area contributed by atoms with Crippen LogP contribution in [-0.2, 0) is 9.57 Å². The monoisotopic (exact) mass is 259 g/mol. The summed E-state index contributed by atoms with van der Waals surface area (Å²) in [6.07, 6.45) is 4.56. The molecule has 1 fully saturated rings. The van der Waals surface area contributed by atoms with Crippen LogP contribution in [0.2, 0.25) is 0 Å². The van der Waals surface area contributed by atoms with E-state index in [1.54, 1.807) is 0 Å². The zero-order chi connectivity index (χ0) is 13.6. The Bertz CT molecular complexity index is 220. The highest BCUT2D eigenvalue weighted by atomic mass is 16.7. The highest BCUT2D eigenvalue weighted by Gasteiger charge is 2.19. The van der Waals surface area contributed by atoms with Crippen molar-refractivity contribution in [3.05, 3.63) is 0 Å². The van der Waals surface area contributed by atoms with Crippen LogP contribution in [0.25, 0.3) is 0 Å². The molecule has 0 radical (unpaired) electrons. The van der Waals surface area contributed by atoms with E-state index in [0.717, 1.165) is 18.8 Å². The van der Waals surface area contributed by atoms with Gasteiger partial charge in [0.05, 0.1) is 24.4 Å². The Morgan fingerprint density at radius 3 is 2.39 bits per heavy atom. The summed E-state index contributed by atoms with van der Waals surface area (Å²) in [6, 6.07) is 0. The summed E-state index contributed by atoms with van der Waals surface area (Å²) in [5.41, 5.74) is 2.55. The molecule has 0 amide bonds. The minimum Gasteiger partial charge on any atom is -0.389 e. The maximum Gasteiger partial charge on any atom is 0.0921 e. The summed E-state index contributed by atoms with van der Waals surface area (Å²) in [7, 11) is 0. The van der Waals surface area contributed by atoms with Gasteiger partial charge in [0.25, 0.3) is 0 Å². The number of hydrogen-bond donors (Lipinski definition) is 2. The van der Waals surface area contributed by atoms with Crippen molar-refractivity contribution in [2.24, 2.45) is 5.92 Å². The minimum atomic E-state index is -0.508. The molecular formula is C14H29NO3. The molecule has 18 heavy (non-hydrogen) atoms. The van der Waals surface area contributed by atoms with E-state index in [1.807, 2.05) is 20.8 Å². The largest absolute Gasteiger partial charge is 0.389 e. The molecule has 0 spiro atoms. The van der Waals surface area contributed by atoms with Crippen LogP contribution in [0.4, 0.5) is 0 Å². The molecule has 1 aliphatic rings. The standard InChI is InChI=1S/C14H29NO3/c1-11-5-7-13(8-6-11)17-10-12(16)9-15-18-14(2,3)4/h11-13,15-16H,5-10H2,1-4H3. The molecule has 4 heteroatoms. The molecule has 1 rings (SSSR count). The fraction of sp³-hybridized carbons (Fsp3) is 1.00. The second-order valence-electron chi connectivity index (χ2n) is 6.43. The van der Waals surface area contributed by atoms with Gasteiger partial charge in [0, 0.05) is 6.54 Å². The lowest BCUT2D eigenvalue weighted by Crippen LogP contribution is -2.37. The van der Waals surface area contributed by atoms with Gasteiger partial charge in [-0.15, -0.1) is 0 Å². The van der Waals surface area contributed by atoms with Gasteiger partial charge in [-0.2, -0.15) is 5.48 Å². The summed E-state index contributed by atoms with van der Waals surface area (Å²) in [6.45, 7) is 8.98. The average molecular weight is 259 g/mol. The van der Waals surface area contributed by atoms with Crippen molar-refractivity contribution in [2.45, 2.75) is 71.2 Å². The van der Waals surface area contributed by atoms with E-state index in [0.29, 0.717) is 19.3 Å². The number of ether oxygens (including phenoxy) is 1. The molecule has 0 bridgehead atoms. The van der Waals surface area contributed by atoms with Gasteiger partial charge in [0.2, 0.25) is 0 Å². The Balaban J connectivity index is 2.04. The zero-order valence-corrected chi connectivity index (χ0v) is 12.2. The lowest BCUT2D eigenvalue weighted by Gasteiger charge is -2.27. The maximum absolute atomic E-state index is 9.76. The Kier molecular flexibility index (Phi) is 6.57. The van der Waals surface area contributed by atoms with Crippen LogP contribution >= 0.6 is 0 Å². The third kappa shape index (κ3) is 7.31. The fourth-order valence-electron chi connectivity index (χ4n) is 2.06. The zero-order valence-electron chi connectivity index (χ0n) is 12.2. The lowest BCUT2D eigenvalue weighted by atomic mass is 9.89. The highest BCUT2D eigenvalue weighted by Crippen LogP contribution is 2.25. The van der Waals surface area contributed by atoms with Crippen LogP contribution in [0, 0.1) is 5.92 Å². The molecule has 0 aromatic rings. The Hall–Kier alpha value is -0.160. The molecule has 0 aromatic heterocycles. The molecule has 0 aromatic carbocycles. The van der Waals surface area contributed by atoms with E-state index in [2.05, 4.69) is 12.4 Å². The number of hydrogen-bond acceptors (Lipinski definition) is 4. The SMILES string of the molecule is CC1CCC(OCC(O)CNOC(C)(C)C)CC1. The number of nitrogens with one attached hydrogen (secondary N) is 1. The molecule has 1 atom stereocenters. The lowest BCUT2D eigenvalue weighted by molar-refractivity contribution is -0.0951. The fourth-order valence-corrected chi connectivity index (χ4v) is 2.06. The number of aliphatic hydroxyl groups excluding tert-OH is 1. The third-order valence-corrected chi connectivity index (χ3v) is 3.18. The molecule has 1 saturated carbocycles. The predicted molar refractivity (Wildman–Crippen MR) is 72.2 cm³/mol. The predicted octanol–water partition coefficient (Wildman–Crippen LogP) is 2.26. The first kappa shape index (κ1) is 15.9. The van der Waals surface area contributed by atoms with Crippen molar-refractivity contribution in [1.29, 1.82) is 0 Å². The molecule has 2 N–H and O–H groups in total. The summed E-state index contributed by atoms with van der Waals surface area (Å²) in [5.74, 6) is 0.830. The van der Waals surface area contributed by atoms with Gasteiger partial charge in [-0.1, -0.05) is 6.92 Å². The smallest absolute Gasteiger partial charge is 0.0921 e. The molecule has 0 saturated heterocycles. The van der Waals surface area contributed by atoms with Crippen molar-refractivity contribution in [1.82, 2.24) is 5.48 Å². The van der Waals surface area contributed by atoms with Gasteiger partial charge in [0.1, 0.15) is 0 Å². The third-order valence-electron chi connectivity index (χ3n) is 3.18. The summed E-state index contributed by atoms with van der Waals surface area (Å²) < 4.78 is 5.73. The van der Waals surface area contributed by atoms with E-state index >= 15 is 0 Å². The highest BCUT2D eigenvalue weighted by molar-refractivity contribution is 4.70. The van der Waals surface area contributed by atoms with E-state index in [9.17, 15) is 5.11 Å². The van der Waals surface area contributed by atoms with Gasteiger partial charge in [-0.25, -0.2) is 0 Å². The Morgan fingerprint density at radius 2 is 1.83 bits per heavy atom. The molecule has 1 aliphatic carbocycles. The van der Waals surface area contributed by atoms with E-state index < -0.39 is 6.10 Å². The first-order valence-corrected chi connectivity index (χ1v) is 7.07. The second kappa shape index (κ2) is 7.43. The van der Waals surface area contributed by atoms with Crippen LogP contribution in [0.1, 0.15) is 53.4 Å². The van der Waals surface area contributed by atoms with Gasteiger partial charge in [0.15, 0.2) is 0 Å². The van der Waals surface area contributed by atoms with Gasteiger partial charge < -0.3 is 9.84 Å². The summed E-state index contributed by atoms with van der Waals surface area (Å²) in [4.78, 5) is 5.34. The molecule has 108 valence electrons. The van der Waals surface area contributed by atoms with E-state index in [1.165, 1.54) is 12.8 Å². The van der Waals surface area contributed by atoms with Crippen molar-refractivity contribution < 1.29 is 14.7 Å². The summed E-state index contributed by atoms with van der Waals surface area (Å²) in [5, 5.41) is 9.76. The molecule has 4 nitrogen and oxygen atoms in total. The van der Waals surface area contributed by atoms with Crippen molar-refractivity contribution >= 4 is 0 Å². The van der Waals surface area contributed by atoms with Crippen molar-refractivity contribution in [3.63, 3.8) is 0 Å².